The van der Waals surface area contributed by atoms with Crippen molar-refractivity contribution in [3.8, 4) is 0 Å². The zero-order chi connectivity index (χ0) is 19.4. The van der Waals surface area contributed by atoms with Crippen LogP contribution in [0.1, 0.15) is 85.1 Å². The lowest BCUT2D eigenvalue weighted by Gasteiger charge is -2.35. The number of nitrogens with zero attached hydrogens (tertiary/aromatic N) is 3. The van der Waals surface area contributed by atoms with Gasteiger partial charge in [0.1, 0.15) is 4.88 Å². The molecule has 0 bridgehead atoms. The van der Waals surface area contributed by atoms with Gasteiger partial charge in [-0.25, -0.2) is 4.98 Å². The molecule has 1 aliphatic heterocycles. The molecule has 1 aromatic rings. The van der Waals surface area contributed by atoms with Crippen LogP contribution in [0.3, 0.4) is 0 Å². The maximum absolute atomic E-state index is 12.9. The second-order valence-electron chi connectivity index (χ2n) is 8.34. The molecule has 2 amide bonds. The molecule has 27 heavy (non-hydrogen) atoms. The summed E-state index contributed by atoms with van der Waals surface area (Å²) in [5, 5.41) is 1.02. The van der Waals surface area contributed by atoms with Gasteiger partial charge >= 0.3 is 0 Å². The molecule has 0 radical (unpaired) electrons. The molecule has 2 heterocycles. The monoisotopic (exact) mass is 391 g/mol. The fraction of sp³-hybridized carbons (Fsp3) is 0.762. The molecule has 1 saturated heterocycles. The quantitative estimate of drug-likeness (QED) is 0.755. The molecule has 1 saturated carbocycles. The summed E-state index contributed by atoms with van der Waals surface area (Å²) in [5.74, 6) is 1.43. The minimum absolute atomic E-state index is 0.0752. The second kappa shape index (κ2) is 9.18. The van der Waals surface area contributed by atoms with Gasteiger partial charge in [0, 0.05) is 38.5 Å². The number of carbonyl (C=O) groups excluding carboxylic acids is 2. The molecule has 150 valence electrons. The van der Waals surface area contributed by atoms with Crippen LogP contribution in [0.25, 0.3) is 0 Å². The van der Waals surface area contributed by atoms with Gasteiger partial charge in [-0.15, -0.1) is 11.3 Å². The van der Waals surface area contributed by atoms with E-state index in [-0.39, 0.29) is 11.8 Å². The Labute approximate surface area is 167 Å². The van der Waals surface area contributed by atoms with Gasteiger partial charge in [0.25, 0.3) is 5.91 Å². The van der Waals surface area contributed by atoms with Crippen LogP contribution < -0.4 is 0 Å². The normalized spacial score (nSPS) is 19.0. The van der Waals surface area contributed by atoms with Gasteiger partial charge in [-0.3, -0.25) is 9.59 Å². The van der Waals surface area contributed by atoms with Crippen LogP contribution in [0, 0.1) is 12.8 Å². The Balaban J connectivity index is 1.48. The summed E-state index contributed by atoms with van der Waals surface area (Å²) in [5.41, 5.74) is 0.833. The largest absolute Gasteiger partial charge is 0.339 e. The number of aromatic nitrogens is 1. The number of aryl methyl sites for hydroxylation is 1. The molecule has 6 heteroatoms. The van der Waals surface area contributed by atoms with Gasteiger partial charge in [0.05, 0.1) is 10.7 Å². The average Bonchev–Trinajstić information content (AvgIpc) is 3.08. The summed E-state index contributed by atoms with van der Waals surface area (Å²) < 4.78 is 0. The van der Waals surface area contributed by atoms with Gasteiger partial charge in [0.15, 0.2) is 0 Å². The number of hydrogen-bond acceptors (Lipinski definition) is 4. The van der Waals surface area contributed by atoms with Gasteiger partial charge in [-0.1, -0.05) is 46.0 Å². The smallest absolute Gasteiger partial charge is 0.265 e. The fourth-order valence-electron chi connectivity index (χ4n) is 4.13. The Kier molecular flexibility index (Phi) is 6.90. The molecular weight excluding hydrogens is 358 g/mol. The number of piperazine rings is 1. The fourth-order valence-corrected chi connectivity index (χ4v) is 5.16. The maximum atomic E-state index is 12.9. The average molecular weight is 392 g/mol. The van der Waals surface area contributed by atoms with E-state index in [1.807, 2.05) is 16.7 Å². The van der Waals surface area contributed by atoms with Crippen molar-refractivity contribution >= 4 is 23.2 Å². The maximum Gasteiger partial charge on any atom is 0.265 e. The Hall–Kier alpha value is -1.43. The second-order valence-corrected chi connectivity index (χ2v) is 9.37. The SMILES string of the molecule is Cc1nc(C(C)C)sc1C(=O)N1CCN(C(=O)CCC2CCCCC2)CC1. The summed E-state index contributed by atoms with van der Waals surface area (Å²) in [6.07, 6.45) is 8.31. The first-order valence-corrected chi connectivity index (χ1v) is 11.3. The molecule has 0 spiro atoms. The first kappa shape index (κ1) is 20.3. The summed E-state index contributed by atoms with van der Waals surface area (Å²) >= 11 is 1.52. The third-order valence-electron chi connectivity index (χ3n) is 5.91. The molecule has 0 unspecified atom stereocenters. The molecule has 0 N–H and O–H groups in total. The highest BCUT2D eigenvalue weighted by atomic mass is 32.1. The van der Waals surface area contributed by atoms with Crippen molar-refractivity contribution in [1.82, 2.24) is 14.8 Å². The van der Waals surface area contributed by atoms with E-state index >= 15 is 0 Å². The zero-order valence-electron chi connectivity index (χ0n) is 17.0. The van der Waals surface area contributed by atoms with Crippen LogP contribution in [0.4, 0.5) is 0 Å². The van der Waals surface area contributed by atoms with E-state index in [0.29, 0.717) is 38.5 Å². The molecular formula is C21H33N3O2S. The number of thiazole rings is 1. The third-order valence-corrected chi connectivity index (χ3v) is 7.36. The number of amides is 2. The van der Waals surface area contributed by atoms with Crippen molar-refractivity contribution in [2.75, 3.05) is 26.2 Å². The number of carbonyl (C=O) groups is 2. The van der Waals surface area contributed by atoms with Crippen molar-refractivity contribution in [1.29, 1.82) is 0 Å². The van der Waals surface area contributed by atoms with E-state index in [1.54, 1.807) is 0 Å². The van der Waals surface area contributed by atoms with E-state index in [4.69, 9.17) is 0 Å². The molecule has 2 aliphatic rings. The van der Waals surface area contributed by atoms with Crippen LogP contribution in [0.15, 0.2) is 0 Å². The molecule has 2 fully saturated rings. The Morgan fingerprint density at radius 2 is 1.70 bits per heavy atom. The zero-order valence-corrected chi connectivity index (χ0v) is 17.8. The predicted molar refractivity (Wildman–Crippen MR) is 109 cm³/mol. The van der Waals surface area contributed by atoms with Crippen molar-refractivity contribution in [3.05, 3.63) is 15.6 Å². The minimum Gasteiger partial charge on any atom is -0.339 e. The van der Waals surface area contributed by atoms with Crippen molar-refractivity contribution in [3.63, 3.8) is 0 Å². The summed E-state index contributed by atoms with van der Waals surface area (Å²) in [6, 6.07) is 0. The first-order chi connectivity index (χ1) is 13.0. The van der Waals surface area contributed by atoms with Gasteiger partial charge in [-0.05, 0) is 19.3 Å². The van der Waals surface area contributed by atoms with Crippen LogP contribution >= 0.6 is 11.3 Å². The van der Waals surface area contributed by atoms with Crippen molar-refractivity contribution in [2.45, 2.75) is 71.6 Å². The highest BCUT2D eigenvalue weighted by Crippen LogP contribution is 2.28. The third kappa shape index (κ3) is 5.09. The Morgan fingerprint density at radius 3 is 2.30 bits per heavy atom. The number of hydrogen-bond donors (Lipinski definition) is 0. The van der Waals surface area contributed by atoms with Crippen molar-refractivity contribution < 1.29 is 9.59 Å². The van der Waals surface area contributed by atoms with E-state index < -0.39 is 0 Å². The molecule has 3 rings (SSSR count). The molecule has 1 aromatic heterocycles. The summed E-state index contributed by atoms with van der Waals surface area (Å²) in [7, 11) is 0. The molecule has 0 aromatic carbocycles. The van der Waals surface area contributed by atoms with Gasteiger partial charge in [0.2, 0.25) is 5.91 Å². The molecule has 5 nitrogen and oxygen atoms in total. The Morgan fingerprint density at radius 1 is 1.07 bits per heavy atom. The van der Waals surface area contributed by atoms with Crippen LogP contribution in [-0.4, -0.2) is 52.8 Å². The summed E-state index contributed by atoms with van der Waals surface area (Å²) in [4.78, 5) is 34.5. The van der Waals surface area contributed by atoms with Crippen LogP contribution in [-0.2, 0) is 4.79 Å². The first-order valence-electron chi connectivity index (χ1n) is 10.5. The van der Waals surface area contributed by atoms with Gasteiger partial charge < -0.3 is 9.80 Å². The van der Waals surface area contributed by atoms with E-state index in [1.165, 1.54) is 43.4 Å². The predicted octanol–water partition coefficient (Wildman–Crippen LogP) is 4.22. The van der Waals surface area contributed by atoms with Gasteiger partial charge in [-0.2, -0.15) is 0 Å². The standard InChI is InChI=1S/C21H33N3O2S/c1-15(2)20-22-16(3)19(27-20)21(26)24-13-11-23(12-14-24)18(25)10-9-17-7-5-4-6-8-17/h15,17H,4-14H2,1-3H3. The topological polar surface area (TPSA) is 53.5 Å². The van der Waals surface area contributed by atoms with E-state index in [0.717, 1.165) is 27.9 Å². The van der Waals surface area contributed by atoms with Crippen LogP contribution in [0.2, 0.25) is 0 Å². The summed E-state index contributed by atoms with van der Waals surface area (Å²) in [6.45, 7) is 8.69. The van der Waals surface area contributed by atoms with E-state index in [9.17, 15) is 9.59 Å². The number of rotatable bonds is 5. The lowest BCUT2D eigenvalue weighted by atomic mass is 9.86. The lowest BCUT2D eigenvalue weighted by Crippen LogP contribution is -2.50. The van der Waals surface area contributed by atoms with Crippen molar-refractivity contribution in [2.24, 2.45) is 5.92 Å². The molecule has 0 atom stereocenters. The van der Waals surface area contributed by atoms with E-state index in [2.05, 4.69) is 18.8 Å². The Bertz CT molecular complexity index is 656. The minimum atomic E-state index is 0.0752. The van der Waals surface area contributed by atoms with Crippen LogP contribution in [0.5, 0.6) is 0 Å². The lowest BCUT2D eigenvalue weighted by molar-refractivity contribution is -0.133. The molecule has 1 aliphatic carbocycles. The highest BCUT2D eigenvalue weighted by molar-refractivity contribution is 7.13. The highest BCUT2D eigenvalue weighted by Gasteiger charge is 2.28.